The first-order valence-corrected chi connectivity index (χ1v) is 15.9. The van der Waals surface area contributed by atoms with Crippen LogP contribution in [-0.4, -0.2) is 4.57 Å². The van der Waals surface area contributed by atoms with Crippen LogP contribution in [0.5, 0.6) is 0 Å². The van der Waals surface area contributed by atoms with Crippen molar-refractivity contribution >= 4 is 38.9 Å². The SMILES string of the molecule is C1=Cc2c(n(-c3cccc4c3oc3ccccc34)c3ccc(-c4ccc5c(c4)-c4ccccc4[C@H]5c4ccccc4)cc23)CC1. The van der Waals surface area contributed by atoms with E-state index in [1.54, 1.807) is 0 Å². The summed E-state index contributed by atoms with van der Waals surface area (Å²) in [6.07, 6.45) is 6.68. The molecule has 0 radical (unpaired) electrons. The highest BCUT2D eigenvalue weighted by atomic mass is 16.3. The zero-order valence-electron chi connectivity index (χ0n) is 24.7. The smallest absolute Gasteiger partial charge is 0.159 e. The zero-order valence-corrected chi connectivity index (χ0v) is 24.7. The van der Waals surface area contributed by atoms with Crippen molar-refractivity contribution in [3.63, 3.8) is 0 Å². The van der Waals surface area contributed by atoms with Crippen LogP contribution in [-0.2, 0) is 6.42 Å². The number of nitrogens with zero attached hydrogens (tertiary/aromatic N) is 1. The van der Waals surface area contributed by atoms with Gasteiger partial charge in [-0.25, -0.2) is 0 Å². The molecule has 0 saturated heterocycles. The van der Waals surface area contributed by atoms with Gasteiger partial charge in [-0.2, -0.15) is 0 Å². The molecule has 212 valence electrons. The van der Waals surface area contributed by atoms with E-state index in [1.165, 1.54) is 61.1 Å². The number of hydrogen-bond acceptors (Lipinski definition) is 1. The third kappa shape index (κ3) is 3.57. The quantitative estimate of drug-likeness (QED) is 0.205. The molecule has 0 amide bonds. The molecule has 6 aromatic carbocycles. The van der Waals surface area contributed by atoms with E-state index in [4.69, 9.17) is 4.42 Å². The zero-order chi connectivity index (χ0) is 29.5. The minimum atomic E-state index is 0.265. The van der Waals surface area contributed by atoms with E-state index in [-0.39, 0.29) is 5.92 Å². The number of rotatable bonds is 3. The first-order valence-electron chi connectivity index (χ1n) is 15.9. The van der Waals surface area contributed by atoms with Crippen molar-refractivity contribution in [2.45, 2.75) is 18.8 Å². The van der Waals surface area contributed by atoms with Gasteiger partial charge in [0.2, 0.25) is 0 Å². The van der Waals surface area contributed by atoms with Crippen molar-refractivity contribution < 1.29 is 4.42 Å². The fourth-order valence-electron chi connectivity index (χ4n) is 7.97. The van der Waals surface area contributed by atoms with Crippen LogP contribution >= 0.6 is 0 Å². The molecule has 0 unspecified atom stereocenters. The van der Waals surface area contributed by atoms with Gasteiger partial charge in [-0.3, -0.25) is 0 Å². The minimum absolute atomic E-state index is 0.265. The van der Waals surface area contributed by atoms with Crippen molar-refractivity contribution in [1.82, 2.24) is 4.57 Å². The van der Waals surface area contributed by atoms with E-state index in [9.17, 15) is 0 Å². The standard InChI is InChI=1S/C43H29NO/c1-2-11-27(12-3-1)42-33-16-5-4-13-30(33)36-25-28(21-23-34(36)42)29-22-24-39-37(26-29)31-14-6-8-18-38(31)44(39)40-19-10-17-35-32-15-7-9-20-41(32)45-43(35)40/h1-7,9-17,19-26,42H,8,18H2/t42-/m1/s1. The number of aromatic nitrogens is 1. The molecule has 0 bridgehead atoms. The van der Waals surface area contributed by atoms with Gasteiger partial charge in [0, 0.05) is 33.3 Å². The van der Waals surface area contributed by atoms with Gasteiger partial charge in [0.25, 0.3) is 0 Å². The molecule has 0 aliphatic heterocycles. The molecule has 2 aliphatic carbocycles. The summed E-state index contributed by atoms with van der Waals surface area (Å²) in [4.78, 5) is 0. The van der Waals surface area contributed by atoms with Crippen molar-refractivity contribution in [2.24, 2.45) is 0 Å². The van der Waals surface area contributed by atoms with Gasteiger partial charge in [0.05, 0.1) is 11.2 Å². The van der Waals surface area contributed by atoms with Gasteiger partial charge < -0.3 is 8.98 Å². The average molecular weight is 576 g/mol. The maximum atomic E-state index is 6.51. The lowest BCUT2D eigenvalue weighted by Crippen LogP contribution is -2.03. The summed E-state index contributed by atoms with van der Waals surface area (Å²) in [5.41, 5.74) is 16.2. The van der Waals surface area contributed by atoms with E-state index in [2.05, 4.69) is 144 Å². The molecular formula is C43H29NO. The van der Waals surface area contributed by atoms with Crippen LogP contribution in [0.25, 0.3) is 66.9 Å². The molecular weight excluding hydrogens is 546 g/mol. The number of fused-ring (bicyclic) bond motifs is 9. The molecule has 2 nitrogen and oxygen atoms in total. The van der Waals surface area contributed by atoms with Gasteiger partial charge in [-0.1, -0.05) is 115 Å². The third-order valence-corrected chi connectivity index (χ3v) is 9.96. The Kier molecular flexibility index (Phi) is 5.21. The first kappa shape index (κ1) is 24.8. The molecule has 2 aliphatic rings. The maximum absolute atomic E-state index is 6.51. The van der Waals surface area contributed by atoms with Gasteiger partial charge in [0.15, 0.2) is 5.58 Å². The highest BCUT2D eigenvalue weighted by Crippen LogP contribution is 2.49. The van der Waals surface area contributed by atoms with Gasteiger partial charge in [0.1, 0.15) is 5.58 Å². The number of hydrogen-bond donors (Lipinski definition) is 0. The average Bonchev–Trinajstić information content (AvgIpc) is 3.76. The molecule has 0 fully saturated rings. The van der Waals surface area contributed by atoms with Crippen LogP contribution in [0.4, 0.5) is 0 Å². The number of furan rings is 1. The highest BCUT2D eigenvalue weighted by molar-refractivity contribution is 6.08. The second-order valence-electron chi connectivity index (χ2n) is 12.4. The fraction of sp³-hybridized carbons (Fsp3) is 0.0698. The van der Waals surface area contributed by atoms with Gasteiger partial charge in [-0.05, 0) is 82.1 Å². The number of benzene rings is 6. The van der Waals surface area contributed by atoms with Crippen LogP contribution in [0.15, 0.2) is 144 Å². The highest BCUT2D eigenvalue weighted by Gasteiger charge is 2.30. The molecule has 8 aromatic rings. The Morgan fingerprint density at radius 1 is 0.600 bits per heavy atom. The second kappa shape index (κ2) is 9.45. The van der Waals surface area contributed by atoms with Crippen molar-refractivity contribution in [1.29, 1.82) is 0 Å². The molecule has 10 rings (SSSR count). The number of para-hydroxylation sites is 2. The van der Waals surface area contributed by atoms with Crippen LogP contribution in [0.1, 0.15) is 40.3 Å². The molecule has 0 saturated carbocycles. The Labute approximate surface area is 261 Å². The van der Waals surface area contributed by atoms with E-state index >= 15 is 0 Å². The first-order chi connectivity index (χ1) is 22.3. The summed E-state index contributed by atoms with van der Waals surface area (Å²) in [5, 5.41) is 3.61. The van der Waals surface area contributed by atoms with Crippen LogP contribution < -0.4 is 0 Å². The molecule has 2 aromatic heterocycles. The fourth-order valence-corrected chi connectivity index (χ4v) is 7.97. The summed E-state index contributed by atoms with van der Waals surface area (Å²) in [6, 6.07) is 48.8. The van der Waals surface area contributed by atoms with Crippen LogP contribution in [0.3, 0.4) is 0 Å². The molecule has 2 heterocycles. The predicted molar refractivity (Wildman–Crippen MR) is 186 cm³/mol. The molecule has 45 heavy (non-hydrogen) atoms. The summed E-state index contributed by atoms with van der Waals surface area (Å²) >= 11 is 0. The monoisotopic (exact) mass is 575 g/mol. The second-order valence-corrected chi connectivity index (χ2v) is 12.4. The summed E-state index contributed by atoms with van der Waals surface area (Å²) in [5.74, 6) is 0.265. The lowest BCUT2D eigenvalue weighted by Gasteiger charge is -2.14. The van der Waals surface area contributed by atoms with Crippen molar-refractivity contribution in [3.8, 4) is 27.9 Å². The lowest BCUT2D eigenvalue weighted by atomic mass is 9.89. The van der Waals surface area contributed by atoms with E-state index in [1.807, 2.05) is 6.07 Å². The summed E-state index contributed by atoms with van der Waals surface area (Å²) < 4.78 is 8.96. The summed E-state index contributed by atoms with van der Waals surface area (Å²) in [7, 11) is 0. The molecule has 1 atom stereocenters. The molecule has 0 N–H and O–H groups in total. The Morgan fingerprint density at radius 3 is 2.33 bits per heavy atom. The van der Waals surface area contributed by atoms with Gasteiger partial charge in [-0.15, -0.1) is 0 Å². The Hall–Kier alpha value is -5.60. The maximum Gasteiger partial charge on any atom is 0.159 e. The van der Waals surface area contributed by atoms with Crippen molar-refractivity contribution in [2.75, 3.05) is 0 Å². The topological polar surface area (TPSA) is 18.1 Å². The van der Waals surface area contributed by atoms with E-state index in [0.717, 1.165) is 40.5 Å². The van der Waals surface area contributed by atoms with E-state index in [0.29, 0.717) is 0 Å². The van der Waals surface area contributed by atoms with Crippen LogP contribution in [0, 0.1) is 0 Å². The summed E-state index contributed by atoms with van der Waals surface area (Å²) in [6.45, 7) is 0. The largest absolute Gasteiger partial charge is 0.454 e. The molecule has 0 spiro atoms. The van der Waals surface area contributed by atoms with E-state index < -0.39 is 0 Å². The number of allylic oxidation sites excluding steroid dienone is 1. The predicted octanol–water partition coefficient (Wildman–Crippen LogP) is 11.3. The Morgan fingerprint density at radius 2 is 1.38 bits per heavy atom. The Balaban J connectivity index is 1.16. The van der Waals surface area contributed by atoms with Crippen molar-refractivity contribution in [3.05, 3.63) is 167 Å². The van der Waals surface area contributed by atoms with Crippen LogP contribution in [0.2, 0.25) is 0 Å². The van der Waals surface area contributed by atoms with Gasteiger partial charge >= 0.3 is 0 Å². The lowest BCUT2D eigenvalue weighted by molar-refractivity contribution is 0.664. The Bertz CT molecular complexity index is 2490. The normalized spacial score (nSPS) is 15.1. The molecule has 2 heteroatoms. The minimum Gasteiger partial charge on any atom is -0.454 e. The third-order valence-electron chi connectivity index (χ3n) is 9.96.